The molecule has 0 spiro atoms. The van der Waals surface area contributed by atoms with E-state index in [1.165, 1.54) is 13.2 Å². The summed E-state index contributed by atoms with van der Waals surface area (Å²) in [5, 5.41) is 3.17. The van der Waals surface area contributed by atoms with Crippen LogP contribution in [0.2, 0.25) is 5.02 Å². The van der Waals surface area contributed by atoms with Gasteiger partial charge in [0.25, 0.3) is 0 Å². The van der Waals surface area contributed by atoms with Gasteiger partial charge in [0, 0.05) is 10.7 Å². The van der Waals surface area contributed by atoms with E-state index in [0.29, 0.717) is 16.5 Å². The maximum atomic E-state index is 13.0. The van der Waals surface area contributed by atoms with Crippen LogP contribution >= 0.6 is 11.6 Å². The fourth-order valence-electron chi connectivity index (χ4n) is 3.14. The molecule has 8 heteroatoms. The molecular weight excluding hydrogens is 400 g/mol. The van der Waals surface area contributed by atoms with Crippen LogP contribution in [0, 0.1) is 13.8 Å². The number of nitrogens with one attached hydrogen (secondary N) is 1. The van der Waals surface area contributed by atoms with E-state index in [1.807, 2.05) is 32.0 Å². The van der Waals surface area contributed by atoms with E-state index in [9.17, 15) is 13.2 Å². The fourth-order valence-corrected chi connectivity index (χ4v) is 4.52. The number of carbonyl (C=O) groups excluding carboxylic acids is 1. The summed E-state index contributed by atoms with van der Waals surface area (Å²) in [7, 11) is -2.36. The lowest BCUT2D eigenvalue weighted by Gasteiger charge is -2.31. The fraction of sp³-hybridized carbons (Fsp3) is 0.350. The minimum atomic E-state index is -3.80. The summed E-state index contributed by atoms with van der Waals surface area (Å²) in [5.74, 6) is -0.118. The summed E-state index contributed by atoms with van der Waals surface area (Å²) in [6.07, 6.45) is 1.32. The number of rotatable bonds is 7. The first-order valence-corrected chi connectivity index (χ1v) is 11.0. The molecule has 0 saturated carbocycles. The predicted octanol–water partition coefficient (Wildman–Crippen LogP) is 4.15. The van der Waals surface area contributed by atoms with Crippen LogP contribution in [0.1, 0.15) is 24.5 Å². The Kier molecular flexibility index (Phi) is 6.96. The van der Waals surface area contributed by atoms with Crippen molar-refractivity contribution in [3.63, 3.8) is 0 Å². The molecule has 0 heterocycles. The molecule has 0 unspecified atom stereocenters. The predicted molar refractivity (Wildman–Crippen MR) is 114 cm³/mol. The number of halogens is 1. The number of sulfonamides is 1. The molecule has 152 valence electrons. The lowest BCUT2D eigenvalue weighted by molar-refractivity contribution is -0.117. The first-order chi connectivity index (χ1) is 13.1. The van der Waals surface area contributed by atoms with Gasteiger partial charge in [0.15, 0.2) is 0 Å². The standard InChI is InChI=1S/C20H25ClN2O4S/c1-6-17(20(24)22-16-10-13(2)9-14(3)11-16)23(28(5,25)26)18-12-15(21)7-8-19(18)27-4/h7-12,17H,6H2,1-5H3,(H,22,24)/t17-/m1/s1. The highest BCUT2D eigenvalue weighted by Gasteiger charge is 2.33. The molecule has 2 aromatic carbocycles. The van der Waals surface area contributed by atoms with Gasteiger partial charge in [0.2, 0.25) is 15.9 Å². The number of hydrogen-bond acceptors (Lipinski definition) is 4. The van der Waals surface area contributed by atoms with E-state index in [4.69, 9.17) is 16.3 Å². The monoisotopic (exact) mass is 424 g/mol. The molecule has 1 N–H and O–H groups in total. The summed E-state index contributed by atoms with van der Waals surface area (Å²) >= 11 is 6.08. The third-order valence-electron chi connectivity index (χ3n) is 4.20. The normalized spacial score (nSPS) is 12.4. The smallest absolute Gasteiger partial charge is 0.248 e. The Labute approximate surface area is 171 Å². The topological polar surface area (TPSA) is 75.7 Å². The van der Waals surface area contributed by atoms with Gasteiger partial charge in [0.1, 0.15) is 11.8 Å². The minimum Gasteiger partial charge on any atom is -0.495 e. The van der Waals surface area contributed by atoms with E-state index in [-0.39, 0.29) is 12.1 Å². The number of aryl methyl sites for hydroxylation is 2. The lowest BCUT2D eigenvalue weighted by Crippen LogP contribution is -2.47. The van der Waals surface area contributed by atoms with Gasteiger partial charge in [-0.3, -0.25) is 9.10 Å². The van der Waals surface area contributed by atoms with Crippen LogP contribution in [0.3, 0.4) is 0 Å². The molecule has 0 radical (unpaired) electrons. The van der Waals surface area contributed by atoms with Gasteiger partial charge in [-0.05, 0) is 61.7 Å². The van der Waals surface area contributed by atoms with Crippen molar-refractivity contribution in [3.05, 3.63) is 52.5 Å². The number of anilines is 2. The average Bonchev–Trinajstić information content (AvgIpc) is 2.57. The molecule has 0 saturated heterocycles. The lowest BCUT2D eigenvalue weighted by atomic mass is 10.1. The first kappa shape index (κ1) is 22.0. The van der Waals surface area contributed by atoms with E-state index in [1.54, 1.807) is 19.1 Å². The van der Waals surface area contributed by atoms with Gasteiger partial charge in [-0.1, -0.05) is 24.6 Å². The highest BCUT2D eigenvalue weighted by Crippen LogP contribution is 2.35. The highest BCUT2D eigenvalue weighted by atomic mass is 35.5. The summed E-state index contributed by atoms with van der Waals surface area (Å²) in [5.41, 5.74) is 2.84. The number of ether oxygens (including phenoxy) is 1. The van der Waals surface area contributed by atoms with Gasteiger partial charge >= 0.3 is 0 Å². The molecule has 0 bridgehead atoms. The van der Waals surface area contributed by atoms with Crippen molar-refractivity contribution in [2.24, 2.45) is 0 Å². The Bertz CT molecular complexity index is 956. The minimum absolute atomic E-state index is 0.222. The van der Waals surface area contributed by atoms with E-state index < -0.39 is 22.0 Å². The molecule has 28 heavy (non-hydrogen) atoms. The molecular formula is C20H25ClN2O4S. The molecule has 0 aromatic heterocycles. The first-order valence-electron chi connectivity index (χ1n) is 8.79. The van der Waals surface area contributed by atoms with E-state index >= 15 is 0 Å². The quantitative estimate of drug-likeness (QED) is 0.724. The molecule has 1 amide bonds. The maximum absolute atomic E-state index is 13.0. The molecule has 2 aromatic rings. The van der Waals surface area contributed by atoms with E-state index in [0.717, 1.165) is 21.7 Å². The van der Waals surface area contributed by atoms with Crippen LogP contribution in [0.25, 0.3) is 0 Å². The molecule has 0 aliphatic rings. The van der Waals surface area contributed by atoms with Crippen LogP contribution in [-0.4, -0.2) is 33.7 Å². The molecule has 2 rings (SSSR count). The second kappa shape index (κ2) is 8.84. The van der Waals surface area contributed by atoms with Crippen molar-refractivity contribution < 1.29 is 17.9 Å². The summed E-state index contributed by atoms with van der Waals surface area (Å²) in [6, 6.07) is 9.35. The van der Waals surface area contributed by atoms with Gasteiger partial charge in [0.05, 0.1) is 19.1 Å². The van der Waals surface area contributed by atoms with Crippen LogP contribution < -0.4 is 14.4 Å². The molecule has 0 aliphatic carbocycles. The van der Waals surface area contributed by atoms with Crippen molar-refractivity contribution in [2.75, 3.05) is 23.0 Å². The summed E-state index contributed by atoms with van der Waals surface area (Å²) < 4.78 is 31.6. The highest BCUT2D eigenvalue weighted by molar-refractivity contribution is 7.92. The van der Waals surface area contributed by atoms with Gasteiger partial charge in [-0.25, -0.2) is 8.42 Å². The largest absolute Gasteiger partial charge is 0.495 e. The zero-order chi connectivity index (χ0) is 21.1. The number of carbonyl (C=O) groups is 1. The third-order valence-corrected chi connectivity index (χ3v) is 5.60. The number of benzene rings is 2. The van der Waals surface area contributed by atoms with Gasteiger partial charge in [-0.2, -0.15) is 0 Å². The second-order valence-corrected chi connectivity index (χ2v) is 8.96. The number of nitrogens with zero attached hydrogens (tertiary/aromatic N) is 1. The molecule has 1 atom stereocenters. The van der Waals surface area contributed by atoms with Crippen LogP contribution in [0.4, 0.5) is 11.4 Å². The van der Waals surface area contributed by atoms with Crippen molar-refractivity contribution in [1.82, 2.24) is 0 Å². The van der Waals surface area contributed by atoms with Crippen LogP contribution in [0.5, 0.6) is 5.75 Å². The van der Waals surface area contributed by atoms with Crippen molar-refractivity contribution in [2.45, 2.75) is 33.2 Å². The second-order valence-electron chi connectivity index (χ2n) is 6.66. The van der Waals surface area contributed by atoms with Crippen LogP contribution in [-0.2, 0) is 14.8 Å². The SMILES string of the molecule is CC[C@H](C(=O)Nc1cc(C)cc(C)c1)N(c1cc(Cl)ccc1OC)S(C)(=O)=O. The Morgan fingerprint density at radius 1 is 1.18 bits per heavy atom. The number of methoxy groups -OCH3 is 1. The Balaban J connectivity index is 2.49. The van der Waals surface area contributed by atoms with Crippen molar-refractivity contribution >= 4 is 38.9 Å². The zero-order valence-electron chi connectivity index (χ0n) is 16.6. The van der Waals surface area contributed by atoms with E-state index in [2.05, 4.69) is 5.32 Å². The number of amides is 1. The van der Waals surface area contributed by atoms with Gasteiger partial charge < -0.3 is 10.1 Å². The molecule has 0 fully saturated rings. The zero-order valence-corrected chi connectivity index (χ0v) is 18.2. The van der Waals surface area contributed by atoms with Crippen molar-refractivity contribution in [1.29, 1.82) is 0 Å². The molecule has 0 aliphatic heterocycles. The Morgan fingerprint density at radius 2 is 1.79 bits per heavy atom. The third kappa shape index (κ3) is 5.17. The van der Waals surface area contributed by atoms with Gasteiger partial charge in [-0.15, -0.1) is 0 Å². The maximum Gasteiger partial charge on any atom is 0.248 e. The summed E-state index contributed by atoms with van der Waals surface area (Å²) in [6.45, 7) is 5.61. The average molecular weight is 425 g/mol. The van der Waals surface area contributed by atoms with Crippen molar-refractivity contribution in [3.8, 4) is 5.75 Å². The number of hydrogen-bond donors (Lipinski definition) is 1. The Hall–Kier alpha value is -2.25. The molecule has 6 nitrogen and oxygen atoms in total. The van der Waals surface area contributed by atoms with Crippen LogP contribution in [0.15, 0.2) is 36.4 Å². The Morgan fingerprint density at radius 3 is 2.29 bits per heavy atom. The summed E-state index contributed by atoms with van der Waals surface area (Å²) in [4.78, 5) is 13.0.